The fraction of sp³-hybridized carbons (Fsp3) is 0.300. The smallest absolute Gasteiger partial charge is 0.258 e. The van der Waals surface area contributed by atoms with Crippen LogP contribution < -0.4 is 29.6 Å². The number of methoxy groups -OCH3 is 3. The van der Waals surface area contributed by atoms with Gasteiger partial charge in [-0.05, 0) is 19.1 Å². The molecule has 0 saturated carbocycles. The van der Waals surface area contributed by atoms with Crippen molar-refractivity contribution in [1.29, 1.82) is 0 Å². The number of hydrogen-bond acceptors (Lipinski definition) is 6. The molecular weight excluding hydrogens is 364 g/mol. The zero-order valence-corrected chi connectivity index (χ0v) is 16.3. The zero-order chi connectivity index (χ0) is 20.5. The highest BCUT2D eigenvalue weighted by atomic mass is 16.5. The Bertz CT molecular complexity index is 795. The first-order valence-corrected chi connectivity index (χ1v) is 8.52. The SMILES string of the molecule is COc1cc(NC(=O)CNC(=O)COc2ccc(C)cc2)cc(OC)c1OC. The number of aryl methyl sites for hydroxylation is 1. The third-order valence-corrected chi connectivity index (χ3v) is 3.79. The second-order valence-corrected chi connectivity index (χ2v) is 5.84. The van der Waals surface area contributed by atoms with Gasteiger partial charge in [0.1, 0.15) is 5.75 Å². The molecule has 0 spiro atoms. The van der Waals surface area contributed by atoms with E-state index in [1.807, 2.05) is 19.1 Å². The molecule has 0 bridgehead atoms. The van der Waals surface area contributed by atoms with E-state index in [1.165, 1.54) is 21.3 Å². The van der Waals surface area contributed by atoms with Crippen molar-refractivity contribution in [2.24, 2.45) is 0 Å². The van der Waals surface area contributed by atoms with Crippen molar-refractivity contribution < 1.29 is 28.5 Å². The highest BCUT2D eigenvalue weighted by Gasteiger charge is 2.15. The molecule has 150 valence electrons. The minimum Gasteiger partial charge on any atom is -0.493 e. The standard InChI is InChI=1S/C20H24N2O6/c1-13-5-7-15(8-6-13)28-12-19(24)21-11-18(23)22-14-9-16(25-2)20(27-4)17(10-14)26-3/h5-10H,11-12H2,1-4H3,(H,21,24)(H,22,23). The van der Waals surface area contributed by atoms with Gasteiger partial charge in [-0.15, -0.1) is 0 Å². The second-order valence-electron chi connectivity index (χ2n) is 5.84. The lowest BCUT2D eigenvalue weighted by Crippen LogP contribution is -2.35. The Morgan fingerprint density at radius 1 is 0.893 bits per heavy atom. The van der Waals surface area contributed by atoms with Gasteiger partial charge < -0.3 is 29.6 Å². The van der Waals surface area contributed by atoms with Crippen molar-refractivity contribution in [1.82, 2.24) is 5.32 Å². The molecule has 2 N–H and O–H groups in total. The van der Waals surface area contributed by atoms with E-state index < -0.39 is 11.8 Å². The molecule has 2 rings (SSSR count). The molecule has 0 heterocycles. The van der Waals surface area contributed by atoms with Gasteiger partial charge >= 0.3 is 0 Å². The molecule has 2 amide bonds. The van der Waals surface area contributed by atoms with Gasteiger partial charge in [0, 0.05) is 17.8 Å². The molecule has 8 heteroatoms. The summed E-state index contributed by atoms with van der Waals surface area (Å²) in [7, 11) is 4.46. The molecule has 2 aromatic rings. The molecule has 0 aliphatic heterocycles. The maximum Gasteiger partial charge on any atom is 0.258 e. The maximum atomic E-state index is 12.1. The lowest BCUT2D eigenvalue weighted by atomic mass is 10.2. The van der Waals surface area contributed by atoms with Gasteiger partial charge in [0.25, 0.3) is 5.91 Å². The predicted molar refractivity (Wildman–Crippen MR) is 104 cm³/mol. The van der Waals surface area contributed by atoms with E-state index in [0.717, 1.165) is 5.56 Å². The fourth-order valence-corrected chi connectivity index (χ4v) is 2.37. The average molecular weight is 388 g/mol. The van der Waals surface area contributed by atoms with E-state index in [9.17, 15) is 9.59 Å². The number of amides is 2. The summed E-state index contributed by atoms with van der Waals surface area (Å²) in [4.78, 5) is 24.0. The summed E-state index contributed by atoms with van der Waals surface area (Å²) in [5.74, 6) is 1.02. The molecule has 0 fully saturated rings. The molecule has 0 saturated heterocycles. The first-order valence-electron chi connectivity index (χ1n) is 8.52. The Morgan fingerprint density at radius 3 is 2.04 bits per heavy atom. The van der Waals surface area contributed by atoms with Gasteiger partial charge in [0.05, 0.1) is 27.9 Å². The van der Waals surface area contributed by atoms with Crippen LogP contribution in [0.15, 0.2) is 36.4 Å². The highest BCUT2D eigenvalue weighted by Crippen LogP contribution is 2.39. The van der Waals surface area contributed by atoms with Crippen LogP contribution in [0.2, 0.25) is 0 Å². The van der Waals surface area contributed by atoms with Crippen LogP contribution in [0, 0.1) is 6.92 Å². The summed E-state index contributed by atoms with van der Waals surface area (Å²) in [5.41, 5.74) is 1.55. The fourth-order valence-electron chi connectivity index (χ4n) is 2.37. The van der Waals surface area contributed by atoms with Crippen LogP contribution in [0.1, 0.15) is 5.56 Å². The minimum absolute atomic E-state index is 0.180. The molecule has 8 nitrogen and oxygen atoms in total. The Morgan fingerprint density at radius 2 is 1.50 bits per heavy atom. The average Bonchev–Trinajstić information content (AvgIpc) is 2.71. The van der Waals surface area contributed by atoms with Crippen LogP contribution in [0.25, 0.3) is 0 Å². The monoisotopic (exact) mass is 388 g/mol. The van der Waals surface area contributed by atoms with Crippen molar-refractivity contribution in [3.63, 3.8) is 0 Å². The largest absolute Gasteiger partial charge is 0.493 e. The maximum absolute atomic E-state index is 12.1. The van der Waals surface area contributed by atoms with Crippen molar-refractivity contribution in [3.8, 4) is 23.0 Å². The zero-order valence-electron chi connectivity index (χ0n) is 16.3. The van der Waals surface area contributed by atoms with E-state index in [4.69, 9.17) is 18.9 Å². The number of ether oxygens (including phenoxy) is 4. The number of carbonyl (C=O) groups excluding carboxylic acids is 2. The first-order chi connectivity index (χ1) is 13.5. The summed E-state index contributed by atoms with van der Waals surface area (Å²) in [6.07, 6.45) is 0. The normalized spacial score (nSPS) is 10.0. The van der Waals surface area contributed by atoms with Crippen molar-refractivity contribution in [2.75, 3.05) is 39.8 Å². The number of carbonyl (C=O) groups is 2. The van der Waals surface area contributed by atoms with Gasteiger partial charge in [0.2, 0.25) is 11.7 Å². The van der Waals surface area contributed by atoms with E-state index in [2.05, 4.69) is 10.6 Å². The molecule has 0 atom stereocenters. The molecule has 0 aliphatic carbocycles. The first kappa shape index (κ1) is 20.9. The lowest BCUT2D eigenvalue weighted by molar-refractivity contribution is -0.125. The molecule has 2 aromatic carbocycles. The molecule has 0 aromatic heterocycles. The molecular formula is C20H24N2O6. The van der Waals surface area contributed by atoms with Crippen LogP contribution in [0.5, 0.6) is 23.0 Å². The Kier molecular flexibility index (Phi) is 7.50. The van der Waals surface area contributed by atoms with Crippen LogP contribution in [-0.4, -0.2) is 46.3 Å². The third-order valence-electron chi connectivity index (χ3n) is 3.79. The van der Waals surface area contributed by atoms with Crippen molar-refractivity contribution in [2.45, 2.75) is 6.92 Å². The van der Waals surface area contributed by atoms with Gasteiger partial charge in [-0.3, -0.25) is 9.59 Å². The summed E-state index contributed by atoms with van der Waals surface area (Å²) >= 11 is 0. The number of benzene rings is 2. The van der Waals surface area contributed by atoms with Crippen molar-refractivity contribution in [3.05, 3.63) is 42.0 Å². The summed E-state index contributed by atoms with van der Waals surface area (Å²) in [5, 5.41) is 5.17. The van der Waals surface area contributed by atoms with E-state index >= 15 is 0 Å². The van der Waals surface area contributed by atoms with Gasteiger partial charge in [-0.2, -0.15) is 0 Å². The topological polar surface area (TPSA) is 95.1 Å². The number of rotatable bonds is 9. The number of nitrogens with one attached hydrogen (secondary N) is 2. The van der Waals surface area contributed by atoms with Crippen molar-refractivity contribution >= 4 is 17.5 Å². The summed E-state index contributed by atoms with van der Waals surface area (Å²) in [6, 6.07) is 10.5. The van der Waals surface area contributed by atoms with Gasteiger partial charge in [0.15, 0.2) is 18.1 Å². The quantitative estimate of drug-likeness (QED) is 0.684. The van der Waals surface area contributed by atoms with Crippen LogP contribution >= 0.6 is 0 Å². The van der Waals surface area contributed by atoms with E-state index in [0.29, 0.717) is 28.7 Å². The number of hydrogen-bond donors (Lipinski definition) is 2. The van der Waals surface area contributed by atoms with Crippen LogP contribution in [0.3, 0.4) is 0 Å². The van der Waals surface area contributed by atoms with E-state index in [-0.39, 0.29) is 13.2 Å². The molecule has 0 unspecified atom stereocenters. The predicted octanol–water partition coefficient (Wildman–Crippen LogP) is 2.15. The van der Waals surface area contributed by atoms with Gasteiger partial charge in [-0.1, -0.05) is 17.7 Å². The Hall–Kier alpha value is -3.42. The van der Waals surface area contributed by atoms with Gasteiger partial charge in [-0.25, -0.2) is 0 Å². The third kappa shape index (κ3) is 5.80. The number of anilines is 1. The molecule has 28 heavy (non-hydrogen) atoms. The van der Waals surface area contributed by atoms with E-state index in [1.54, 1.807) is 24.3 Å². The molecule has 0 aliphatic rings. The minimum atomic E-state index is -0.405. The second kappa shape index (κ2) is 10.1. The highest BCUT2D eigenvalue weighted by molar-refractivity contribution is 5.95. The Labute approximate surface area is 163 Å². The van der Waals surface area contributed by atoms with Crippen LogP contribution in [-0.2, 0) is 9.59 Å². The summed E-state index contributed by atoms with van der Waals surface area (Å²) < 4.78 is 21.1. The molecule has 0 radical (unpaired) electrons. The summed E-state index contributed by atoms with van der Waals surface area (Å²) in [6.45, 7) is 1.58. The lowest BCUT2D eigenvalue weighted by Gasteiger charge is -2.14. The van der Waals surface area contributed by atoms with Crippen LogP contribution in [0.4, 0.5) is 5.69 Å². The Balaban J connectivity index is 1.86.